The number of rotatable bonds is 5. The number of hydrogen-bond donors (Lipinski definition) is 1. The zero-order valence-corrected chi connectivity index (χ0v) is 17.4. The Balaban J connectivity index is 2.03. The van der Waals surface area contributed by atoms with Crippen molar-refractivity contribution < 1.29 is 13.2 Å². The predicted molar refractivity (Wildman–Crippen MR) is 113 cm³/mol. The molecule has 152 valence electrons. The highest BCUT2D eigenvalue weighted by molar-refractivity contribution is 7.92. The Hall–Kier alpha value is -3.33. The van der Waals surface area contributed by atoms with Gasteiger partial charge in [0.2, 0.25) is 10.0 Å². The van der Waals surface area contributed by atoms with Gasteiger partial charge in [-0.25, -0.2) is 13.1 Å². The van der Waals surface area contributed by atoms with E-state index in [9.17, 15) is 18.0 Å². The second-order valence-corrected chi connectivity index (χ2v) is 8.65. The zero-order chi connectivity index (χ0) is 21.3. The number of carbonyl (C=O) groups is 1. The van der Waals surface area contributed by atoms with Gasteiger partial charge in [-0.3, -0.25) is 18.6 Å². The lowest BCUT2D eigenvalue weighted by molar-refractivity contribution is 0.102. The van der Waals surface area contributed by atoms with Gasteiger partial charge in [0, 0.05) is 14.1 Å². The number of aromatic nitrogens is 2. The fourth-order valence-electron chi connectivity index (χ4n) is 3.01. The second kappa shape index (κ2) is 7.59. The van der Waals surface area contributed by atoms with E-state index in [0.29, 0.717) is 11.4 Å². The number of benzene rings is 2. The van der Waals surface area contributed by atoms with E-state index in [1.807, 2.05) is 18.2 Å². The van der Waals surface area contributed by atoms with Crippen molar-refractivity contribution in [3.05, 3.63) is 76.2 Å². The lowest BCUT2D eigenvalue weighted by Crippen LogP contribution is -2.28. The predicted octanol–water partition coefficient (Wildman–Crippen LogP) is 2.13. The largest absolute Gasteiger partial charge is 0.316 e. The van der Waals surface area contributed by atoms with Gasteiger partial charge in [-0.2, -0.15) is 0 Å². The Kier molecular flexibility index (Phi) is 5.34. The van der Waals surface area contributed by atoms with Crippen LogP contribution < -0.4 is 15.2 Å². The van der Waals surface area contributed by atoms with Crippen molar-refractivity contribution in [2.75, 3.05) is 22.9 Å². The summed E-state index contributed by atoms with van der Waals surface area (Å²) in [6.07, 6.45) is 1.06. The standard InChI is InChI=1S/C20H22N4O4S/c1-14-18(20(26)24(22(14)2)15-10-6-5-7-11-15)21-19(25)16-12-8-9-13-17(16)23(3)29(4,27)28/h5-13H,1-4H3,(H,21,25). The van der Waals surface area contributed by atoms with Crippen LogP contribution in [0.1, 0.15) is 16.1 Å². The van der Waals surface area contributed by atoms with Crippen LogP contribution in [0.3, 0.4) is 0 Å². The summed E-state index contributed by atoms with van der Waals surface area (Å²) in [5.74, 6) is -0.567. The lowest BCUT2D eigenvalue weighted by Gasteiger charge is -2.19. The summed E-state index contributed by atoms with van der Waals surface area (Å²) in [5.41, 5.74) is 1.37. The first-order valence-corrected chi connectivity index (χ1v) is 10.7. The Labute approximate surface area is 169 Å². The third-order valence-corrected chi connectivity index (χ3v) is 5.97. The number of sulfonamides is 1. The van der Waals surface area contributed by atoms with E-state index in [2.05, 4.69) is 5.32 Å². The number of nitrogens with one attached hydrogen (secondary N) is 1. The van der Waals surface area contributed by atoms with Crippen molar-refractivity contribution >= 4 is 27.3 Å². The molecular formula is C20H22N4O4S. The first kappa shape index (κ1) is 20.4. The molecule has 0 unspecified atom stereocenters. The molecule has 0 radical (unpaired) electrons. The van der Waals surface area contributed by atoms with Crippen LogP contribution in [-0.4, -0.2) is 37.0 Å². The van der Waals surface area contributed by atoms with Crippen molar-refractivity contribution in [2.24, 2.45) is 7.05 Å². The Morgan fingerprint density at radius 1 is 1.03 bits per heavy atom. The number of hydrogen-bond acceptors (Lipinski definition) is 4. The maximum Gasteiger partial charge on any atom is 0.295 e. The Morgan fingerprint density at radius 3 is 2.24 bits per heavy atom. The smallest absolute Gasteiger partial charge is 0.295 e. The molecule has 0 atom stereocenters. The minimum absolute atomic E-state index is 0.137. The number of amides is 1. The first-order chi connectivity index (χ1) is 13.6. The van der Waals surface area contributed by atoms with E-state index in [4.69, 9.17) is 0 Å². The maximum atomic E-state index is 13.0. The first-order valence-electron chi connectivity index (χ1n) is 8.81. The van der Waals surface area contributed by atoms with Crippen LogP contribution in [0.2, 0.25) is 0 Å². The molecule has 0 saturated carbocycles. The van der Waals surface area contributed by atoms with Crippen LogP contribution in [0.4, 0.5) is 11.4 Å². The highest BCUT2D eigenvalue weighted by Gasteiger charge is 2.23. The van der Waals surface area contributed by atoms with E-state index < -0.39 is 15.9 Å². The average Bonchev–Trinajstić information content (AvgIpc) is 2.90. The molecule has 9 heteroatoms. The summed E-state index contributed by atoms with van der Waals surface area (Å²) >= 11 is 0. The van der Waals surface area contributed by atoms with Crippen LogP contribution in [0.25, 0.3) is 5.69 Å². The van der Waals surface area contributed by atoms with Gasteiger partial charge in [0.15, 0.2) is 0 Å². The van der Waals surface area contributed by atoms with Crippen LogP contribution >= 0.6 is 0 Å². The monoisotopic (exact) mass is 414 g/mol. The van der Waals surface area contributed by atoms with Crippen LogP contribution in [0.15, 0.2) is 59.4 Å². The normalized spacial score (nSPS) is 11.3. The molecule has 0 spiro atoms. The molecule has 0 saturated heterocycles. The van der Waals surface area contributed by atoms with Crippen molar-refractivity contribution in [2.45, 2.75) is 6.92 Å². The number of para-hydroxylation sites is 2. The minimum atomic E-state index is -3.56. The van der Waals surface area contributed by atoms with Gasteiger partial charge >= 0.3 is 0 Å². The summed E-state index contributed by atoms with van der Waals surface area (Å²) in [5, 5.41) is 2.66. The molecule has 3 rings (SSSR count). The fraction of sp³-hybridized carbons (Fsp3) is 0.200. The van der Waals surface area contributed by atoms with Gasteiger partial charge in [0.05, 0.1) is 28.9 Å². The third-order valence-electron chi connectivity index (χ3n) is 4.78. The molecular weight excluding hydrogens is 392 g/mol. The topological polar surface area (TPSA) is 93.4 Å². The molecule has 0 bridgehead atoms. The Morgan fingerprint density at radius 2 is 1.62 bits per heavy atom. The van der Waals surface area contributed by atoms with E-state index in [1.54, 1.807) is 42.9 Å². The van der Waals surface area contributed by atoms with E-state index in [-0.39, 0.29) is 22.5 Å². The van der Waals surface area contributed by atoms with Gasteiger partial charge in [0.25, 0.3) is 11.5 Å². The highest BCUT2D eigenvalue weighted by atomic mass is 32.2. The second-order valence-electron chi connectivity index (χ2n) is 6.64. The molecule has 1 heterocycles. The van der Waals surface area contributed by atoms with Crippen LogP contribution in [0, 0.1) is 6.92 Å². The van der Waals surface area contributed by atoms with Gasteiger partial charge in [0.1, 0.15) is 5.69 Å². The Bertz CT molecular complexity index is 1230. The number of anilines is 2. The summed E-state index contributed by atoms with van der Waals surface area (Å²) in [6.45, 7) is 1.73. The van der Waals surface area contributed by atoms with Crippen molar-refractivity contribution in [1.29, 1.82) is 0 Å². The molecule has 0 fully saturated rings. The molecule has 1 aromatic heterocycles. The van der Waals surface area contributed by atoms with Crippen molar-refractivity contribution in [3.8, 4) is 5.69 Å². The van der Waals surface area contributed by atoms with E-state index in [1.165, 1.54) is 23.9 Å². The fourth-order valence-corrected chi connectivity index (χ4v) is 3.53. The summed E-state index contributed by atoms with van der Waals surface area (Å²) < 4.78 is 28.0. The van der Waals surface area contributed by atoms with Crippen molar-refractivity contribution in [3.63, 3.8) is 0 Å². The molecule has 0 aliphatic heterocycles. The average molecular weight is 414 g/mol. The molecule has 1 N–H and O–H groups in total. The summed E-state index contributed by atoms with van der Waals surface area (Å²) in [4.78, 5) is 25.9. The van der Waals surface area contributed by atoms with Crippen molar-refractivity contribution in [1.82, 2.24) is 9.36 Å². The zero-order valence-electron chi connectivity index (χ0n) is 16.6. The van der Waals surface area contributed by atoms with E-state index in [0.717, 1.165) is 10.6 Å². The van der Waals surface area contributed by atoms with Gasteiger partial charge in [-0.15, -0.1) is 0 Å². The van der Waals surface area contributed by atoms with Crippen LogP contribution in [-0.2, 0) is 17.1 Å². The molecule has 0 aliphatic carbocycles. The molecule has 1 amide bonds. The van der Waals surface area contributed by atoms with Gasteiger partial charge in [-0.1, -0.05) is 30.3 Å². The molecule has 29 heavy (non-hydrogen) atoms. The molecule has 2 aromatic carbocycles. The SMILES string of the molecule is Cc1c(NC(=O)c2ccccc2N(C)S(C)(=O)=O)c(=O)n(-c2ccccc2)n1C. The highest BCUT2D eigenvalue weighted by Crippen LogP contribution is 2.23. The lowest BCUT2D eigenvalue weighted by atomic mass is 10.1. The quantitative estimate of drug-likeness (QED) is 0.692. The third kappa shape index (κ3) is 3.81. The van der Waals surface area contributed by atoms with E-state index >= 15 is 0 Å². The van der Waals surface area contributed by atoms with Crippen LogP contribution in [0.5, 0.6) is 0 Å². The molecule has 3 aromatic rings. The number of nitrogens with zero attached hydrogens (tertiary/aromatic N) is 3. The maximum absolute atomic E-state index is 13.0. The molecule has 8 nitrogen and oxygen atoms in total. The summed E-state index contributed by atoms with van der Waals surface area (Å²) in [7, 11) is -0.457. The minimum Gasteiger partial charge on any atom is -0.316 e. The number of carbonyl (C=O) groups excluding carboxylic acids is 1. The summed E-state index contributed by atoms with van der Waals surface area (Å²) in [6, 6.07) is 15.4. The molecule has 0 aliphatic rings. The van der Waals surface area contributed by atoms with Gasteiger partial charge in [-0.05, 0) is 31.2 Å². The van der Waals surface area contributed by atoms with Gasteiger partial charge < -0.3 is 5.32 Å².